The Balaban J connectivity index is 1.71. The van der Waals surface area contributed by atoms with Crippen molar-refractivity contribution >= 4 is 0 Å². The van der Waals surface area contributed by atoms with E-state index in [2.05, 4.69) is 32.0 Å². The van der Waals surface area contributed by atoms with Gasteiger partial charge in [0.2, 0.25) is 0 Å². The van der Waals surface area contributed by atoms with Gasteiger partial charge in [0, 0.05) is 6.42 Å². The number of benzene rings is 2. The van der Waals surface area contributed by atoms with Gasteiger partial charge in [0.25, 0.3) is 0 Å². The highest BCUT2D eigenvalue weighted by molar-refractivity contribution is 5.43. The van der Waals surface area contributed by atoms with Crippen molar-refractivity contribution in [2.45, 2.75) is 32.8 Å². The predicted molar refractivity (Wildman–Crippen MR) is 93.3 cm³/mol. The standard InChI is InChI=1S/C20H26O3/c1-16(2)18-10-11-19(20(14-18)21-3)23-13-7-12-22-15-17-8-5-4-6-9-17/h4-6,8-11,14,16H,7,12-13,15H2,1-3H3. The number of rotatable bonds is 9. The summed E-state index contributed by atoms with van der Waals surface area (Å²) in [5.74, 6) is 2.06. The summed E-state index contributed by atoms with van der Waals surface area (Å²) in [7, 11) is 1.68. The van der Waals surface area contributed by atoms with Crippen LogP contribution in [0.1, 0.15) is 37.3 Å². The van der Waals surface area contributed by atoms with Gasteiger partial charge in [0.15, 0.2) is 11.5 Å². The van der Waals surface area contributed by atoms with Crippen LogP contribution in [0.25, 0.3) is 0 Å². The van der Waals surface area contributed by atoms with E-state index in [4.69, 9.17) is 14.2 Å². The first kappa shape index (κ1) is 17.4. The molecule has 0 atom stereocenters. The maximum atomic E-state index is 5.81. The smallest absolute Gasteiger partial charge is 0.161 e. The SMILES string of the molecule is COc1cc(C(C)C)ccc1OCCCOCc1ccccc1. The minimum absolute atomic E-state index is 0.476. The fourth-order valence-electron chi connectivity index (χ4n) is 2.27. The van der Waals surface area contributed by atoms with Gasteiger partial charge < -0.3 is 14.2 Å². The van der Waals surface area contributed by atoms with E-state index in [-0.39, 0.29) is 0 Å². The summed E-state index contributed by atoms with van der Waals surface area (Å²) in [6.45, 7) is 6.28. The molecule has 0 aromatic heterocycles. The van der Waals surface area contributed by atoms with Crippen LogP contribution in [0.15, 0.2) is 48.5 Å². The molecule has 3 nitrogen and oxygen atoms in total. The van der Waals surface area contributed by atoms with Crippen LogP contribution in [0.3, 0.4) is 0 Å². The molecular weight excluding hydrogens is 288 g/mol. The molecule has 2 aromatic carbocycles. The van der Waals surface area contributed by atoms with Gasteiger partial charge in [0.1, 0.15) is 0 Å². The Morgan fingerprint density at radius 2 is 1.70 bits per heavy atom. The van der Waals surface area contributed by atoms with Crippen LogP contribution < -0.4 is 9.47 Å². The lowest BCUT2D eigenvalue weighted by molar-refractivity contribution is 0.107. The second-order valence-corrected chi connectivity index (χ2v) is 5.81. The largest absolute Gasteiger partial charge is 0.493 e. The fraction of sp³-hybridized carbons (Fsp3) is 0.400. The van der Waals surface area contributed by atoms with Crippen molar-refractivity contribution in [3.05, 3.63) is 59.7 Å². The highest BCUT2D eigenvalue weighted by Crippen LogP contribution is 2.30. The van der Waals surface area contributed by atoms with E-state index in [1.807, 2.05) is 30.3 Å². The molecule has 0 aliphatic carbocycles. The van der Waals surface area contributed by atoms with E-state index in [9.17, 15) is 0 Å². The molecule has 0 amide bonds. The summed E-state index contributed by atoms with van der Waals surface area (Å²) >= 11 is 0. The Morgan fingerprint density at radius 3 is 2.39 bits per heavy atom. The molecule has 23 heavy (non-hydrogen) atoms. The normalized spacial score (nSPS) is 10.8. The van der Waals surface area contributed by atoms with E-state index in [0.29, 0.717) is 25.7 Å². The second-order valence-electron chi connectivity index (χ2n) is 5.81. The Labute approximate surface area is 139 Å². The third-order valence-corrected chi connectivity index (χ3v) is 3.66. The zero-order chi connectivity index (χ0) is 16.5. The van der Waals surface area contributed by atoms with Gasteiger partial charge in [-0.05, 0) is 29.2 Å². The maximum absolute atomic E-state index is 5.81. The lowest BCUT2D eigenvalue weighted by atomic mass is 10.0. The quantitative estimate of drug-likeness (QED) is 0.622. The van der Waals surface area contributed by atoms with Crippen molar-refractivity contribution in [1.82, 2.24) is 0 Å². The van der Waals surface area contributed by atoms with Gasteiger partial charge >= 0.3 is 0 Å². The highest BCUT2D eigenvalue weighted by atomic mass is 16.5. The molecule has 0 saturated carbocycles. The molecular formula is C20H26O3. The van der Waals surface area contributed by atoms with Crippen molar-refractivity contribution in [3.8, 4) is 11.5 Å². The summed E-state index contributed by atoms with van der Waals surface area (Å²) in [6, 6.07) is 16.3. The van der Waals surface area contributed by atoms with Crippen LogP contribution >= 0.6 is 0 Å². The van der Waals surface area contributed by atoms with Gasteiger partial charge in [-0.2, -0.15) is 0 Å². The number of hydrogen-bond donors (Lipinski definition) is 0. The van der Waals surface area contributed by atoms with Crippen LogP contribution in [0, 0.1) is 0 Å². The molecule has 0 aliphatic rings. The maximum Gasteiger partial charge on any atom is 0.161 e. The lowest BCUT2D eigenvalue weighted by Crippen LogP contribution is -2.04. The van der Waals surface area contributed by atoms with Crippen molar-refractivity contribution in [2.24, 2.45) is 0 Å². The highest BCUT2D eigenvalue weighted by Gasteiger charge is 2.07. The minimum atomic E-state index is 0.476. The van der Waals surface area contributed by atoms with Gasteiger partial charge in [-0.25, -0.2) is 0 Å². The van der Waals surface area contributed by atoms with Crippen molar-refractivity contribution in [2.75, 3.05) is 20.3 Å². The van der Waals surface area contributed by atoms with Gasteiger partial charge in [-0.1, -0.05) is 50.2 Å². The zero-order valence-corrected chi connectivity index (χ0v) is 14.2. The van der Waals surface area contributed by atoms with E-state index < -0.39 is 0 Å². The fourth-order valence-corrected chi connectivity index (χ4v) is 2.27. The first-order valence-corrected chi connectivity index (χ1v) is 8.13. The lowest BCUT2D eigenvalue weighted by Gasteiger charge is -2.13. The average Bonchev–Trinajstić information content (AvgIpc) is 2.58. The molecule has 0 spiro atoms. The molecule has 2 aromatic rings. The third kappa shape index (κ3) is 5.61. The number of methoxy groups -OCH3 is 1. The number of hydrogen-bond acceptors (Lipinski definition) is 3. The Hall–Kier alpha value is -2.00. The van der Waals surface area contributed by atoms with Crippen LogP contribution in [0.4, 0.5) is 0 Å². The van der Waals surface area contributed by atoms with Gasteiger partial charge in [-0.15, -0.1) is 0 Å². The van der Waals surface area contributed by atoms with Crippen LogP contribution in [0.5, 0.6) is 11.5 Å². The topological polar surface area (TPSA) is 27.7 Å². The molecule has 0 unspecified atom stereocenters. The Morgan fingerprint density at radius 1 is 0.913 bits per heavy atom. The molecule has 0 radical (unpaired) electrons. The van der Waals surface area contributed by atoms with E-state index in [1.165, 1.54) is 11.1 Å². The molecule has 0 saturated heterocycles. The van der Waals surface area contributed by atoms with E-state index in [0.717, 1.165) is 17.9 Å². The summed E-state index contributed by atoms with van der Waals surface area (Å²) in [5.41, 5.74) is 2.44. The molecule has 124 valence electrons. The minimum Gasteiger partial charge on any atom is -0.493 e. The molecule has 0 N–H and O–H groups in total. The summed E-state index contributed by atoms with van der Waals surface area (Å²) < 4.78 is 16.9. The second kappa shape index (κ2) is 9.21. The van der Waals surface area contributed by atoms with Crippen LogP contribution in [-0.2, 0) is 11.3 Å². The predicted octanol–water partition coefficient (Wildman–Crippen LogP) is 4.80. The van der Waals surface area contributed by atoms with Gasteiger partial charge in [-0.3, -0.25) is 0 Å². The Bertz CT molecular complexity index is 579. The van der Waals surface area contributed by atoms with Crippen molar-refractivity contribution in [3.63, 3.8) is 0 Å². The summed E-state index contributed by atoms with van der Waals surface area (Å²) in [4.78, 5) is 0. The molecule has 3 heteroatoms. The molecule has 0 fully saturated rings. The van der Waals surface area contributed by atoms with Crippen molar-refractivity contribution in [1.29, 1.82) is 0 Å². The molecule has 0 bridgehead atoms. The summed E-state index contributed by atoms with van der Waals surface area (Å²) in [6.07, 6.45) is 0.849. The molecule has 2 rings (SSSR count). The summed E-state index contributed by atoms with van der Waals surface area (Å²) in [5, 5.41) is 0. The molecule has 0 aliphatic heterocycles. The monoisotopic (exact) mass is 314 g/mol. The van der Waals surface area contributed by atoms with Crippen molar-refractivity contribution < 1.29 is 14.2 Å². The van der Waals surface area contributed by atoms with E-state index >= 15 is 0 Å². The average molecular weight is 314 g/mol. The zero-order valence-electron chi connectivity index (χ0n) is 14.2. The Kier molecular flexibility index (Phi) is 6.95. The van der Waals surface area contributed by atoms with Gasteiger partial charge in [0.05, 0.1) is 26.9 Å². The first-order valence-electron chi connectivity index (χ1n) is 8.13. The van der Waals surface area contributed by atoms with Crippen LogP contribution in [-0.4, -0.2) is 20.3 Å². The molecule has 0 heterocycles. The third-order valence-electron chi connectivity index (χ3n) is 3.66. The number of ether oxygens (including phenoxy) is 3. The van der Waals surface area contributed by atoms with Crippen LogP contribution in [0.2, 0.25) is 0 Å². The first-order chi connectivity index (χ1) is 11.2. The van der Waals surface area contributed by atoms with E-state index in [1.54, 1.807) is 7.11 Å².